The number of aromatic nitrogens is 2. The topological polar surface area (TPSA) is 50.2 Å². The van der Waals surface area contributed by atoms with Crippen LogP contribution in [0.15, 0.2) is 60.9 Å². The first-order chi connectivity index (χ1) is 14.3. The maximum Gasteiger partial charge on any atom is 0.250 e. The van der Waals surface area contributed by atoms with Crippen molar-refractivity contribution in [3.63, 3.8) is 0 Å². The number of piperidine rings is 2. The maximum absolute atomic E-state index is 13.7. The number of likely N-dealkylation sites (tertiary alicyclic amines) is 1. The SMILES string of the molecule is O=C(N1CCC(c2cccc3ccccc23)CC1)C1(n2cccn2)CCNCC1. The predicted octanol–water partition coefficient (Wildman–Crippen LogP) is 3.52. The van der Waals surface area contributed by atoms with Crippen LogP contribution in [0.25, 0.3) is 10.8 Å². The normalized spacial score (nSPS) is 20.1. The van der Waals surface area contributed by atoms with Gasteiger partial charge in [-0.2, -0.15) is 5.10 Å². The highest BCUT2D eigenvalue weighted by Crippen LogP contribution is 2.36. The van der Waals surface area contributed by atoms with Crippen molar-refractivity contribution in [3.8, 4) is 0 Å². The Balaban J connectivity index is 1.35. The Hall–Kier alpha value is -2.66. The number of rotatable bonds is 3. The number of nitrogens with one attached hydrogen (secondary N) is 1. The van der Waals surface area contributed by atoms with Crippen LogP contribution in [0.5, 0.6) is 0 Å². The molecule has 5 heteroatoms. The molecule has 0 atom stereocenters. The van der Waals surface area contributed by atoms with Gasteiger partial charge in [-0.05, 0) is 67.1 Å². The van der Waals surface area contributed by atoms with E-state index < -0.39 is 5.54 Å². The molecule has 0 unspecified atom stereocenters. The second kappa shape index (κ2) is 7.64. The summed E-state index contributed by atoms with van der Waals surface area (Å²) in [6.07, 6.45) is 7.38. The Morgan fingerprint density at radius 3 is 2.52 bits per heavy atom. The summed E-state index contributed by atoms with van der Waals surface area (Å²) in [6.45, 7) is 3.36. The molecule has 0 radical (unpaired) electrons. The number of amides is 1. The van der Waals surface area contributed by atoms with Crippen molar-refractivity contribution < 1.29 is 4.79 Å². The van der Waals surface area contributed by atoms with E-state index in [0.29, 0.717) is 5.92 Å². The summed E-state index contributed by atoms with van der Waals surface area (Å²) in [7, 11) is 0. The van der Waals surface area contributed by atoms with Gasteiger partial charge in [0.25, 0.3) is 5.91 Å². The van der Waals surface area contributed by atoms with Crippen molar-refractivity contribution >= 4 is 16.7 Å². The summed E-state index contributed by atoms with van der Waals surface area (Å²) >= 11 is 0. The lowest BCUT2D eigenvalue weighted by Crippen LogP contribution is -2.56. The molecule has 2 aliphatic heterocycles. The van der Waals surface area contributed by atoms with E-state index in [4.69, 9.17) is 0 Å². The second-order valence-corrected chi connectivity index (χ2v) is 8.37. The molecule has 0 saturated carbocycles. The summed E-state index contributed by atoms with van der Waals surface area (Å²) in [6, 6.07) is 17.2. The quantitative estimate of drug-likeness (QED) is 0.747. The van der Waals surface area contributed by atoms with Gasteiger partial charge in [0.1, 0.15) is 5.54 Å². The molecule has 1 amide bonds. The Labute approximate surface area is 171 Å². The molecule has 29 heavy (non-hydrogen) atoms. The van der Waals surface area contributed by atoms with E-state index in [-0.39, 0.29) is 5.91 Å². The first-order valence-electron chi connectivity index (χ1n) is 10.8. The smallest absolute Gasteiger partial charge is 0.250 e. The molecule has 0 bridgehead atoms. The van der Waals surface area contributed by atoms with Crippen LogP contribution < -0.4 is 5.32 Å². The minimum atomic E-state index is -0.527. The van der Waals surface area contributed by atoms with Gasteiger partial charge in [-0.15, -0.1) is 0 Å². The van der Waals surface area contributed by atoms with E-state index >= 15 is 0 Å². The van der Waals surface area contributed by atoms with E-state index in [0.717, 1.165) is 51.9 Å². The van der Waals surface area contributed by atoms with Gasteiger partial charge in [-0.25, -0.2) is 0 Å². The van der Waals surface area contributed by atoms with Crippen molar-refractivity contribution in [1.82, 2.24) is 20.0 Å². The van der Waals surface area contributed by atoms with Gasteiger partial charge < -0.3 is 10.2 Å². The lowest BCUT2D eigenvalue weighted by Gasteiger charge is -2.42. The average Bonchev–Trinajstić information content (AvgIpc) is 3.34. The van der Waals surface area contributed by atoms with Crippen LogP contribution in [0.1, 0.15) is 37.2 Å². The number of hydrogen-bond donors (Lipinski definition) is 1. The minimum absolute atomic E-state index is 0.249. The molecule has 2 aliphatic rings. The summed E-state index contributed by atoms with van der Waals surface area (Å²) in [5, 5.41) is 10.5. The third-order valence-electron chi connectivity index (χ3n) is 6.82. The van der Waals surface area contributed by atoms with Crippen molar-refractivity contribution in [2.45, 2.75) is 37.1 Å². The molecule has 1 N–H and O–H groups in total. The first-order valence-corrected chi connectivity index (χ1v) is 10.8. The molecule has 2 saturated heterocycles. The molecule has 2 fully saturated rings. The molecular formula is C24H28N4O. The number of carbonyl (C=O) groups is 1. The Morgan fingerprint density at radius 2 is 1.76 bits per heavy atom. The molecule has 0 aliphatic carbocycles. The van der Waals surface area contributed by atoms with Gasteiger partial charge in [0.15, 0.2) is 0 Å². The highest BCUT2D eigenvalue weighted by atomic mass is 16.2. The van der Waals surface area contributed by atoms with Gasteiger partial charge in [0.05, 0.1) is 0 Å². The van der Waals surface area contributed by atoms with Crippen LogP contribution in [0.4, 0.5) is 0 Å². The molecule has 5 rings (SSSR count). The van der Waals surface area contributed by atoms with Gasteiger partial charge in [0.2, 0.25) is 0 Å². The number of carbonyl (C=O) groups excluding carboxylic acids is 1. The molecule has 1 aromatic heterocycles. The van der Waals surface area contributed by atoms with Crippen molar-refractivity contribution in [3.05, 3.63) is 66.5 Å². The molecule has 5 nitrogen and oxygen atoms in total. The summed E-state index contributed by atoms with van der Waals surface area (Å²) in [4.78, 5) is 15.8. The second-order valence-electron chi connectivity index (χ2n) is 8.37. The third kappa shape index (κ3) is 3.23. The Kier molecular flexibility index (Phi) is 4.84. The molecule has 3 aromatic rings. The van der Waals surface area contributed by atoms with E-state index in [1.54, 1.807) is 6.20 Å². The van der Waals surface area contributed by atoms with Gasteiger partial charge in [0, 0.05) is 25.5 Å². The zero-order valence-corrected chi connectivity index (χ0v) is 16.8. The first kappa shape index (κ1) is 18.4. The van der Waals surface area contributed by atoms with E-state index in [1.807, 2.05) is 16.9 Å². The highest BCUT2D eigenvalue weighted by molar-refractivity contribution is 5.87. The van der Waals surface area contributed by atoms with Crippen LogP contribution in [0.3, 0.4) is 0 Å². The monoisotopic (exact) mass is 388 g/mol. The molecule has 150 valence electrons. The van der Waals surface area contributed by atoms with Gasteiger partial charge >= 0.3 is 0 Å². The molecule has 2 aromatic carbocycles. The standard InChI is InChI=1S/C24H28N4O/c29-23(24(11-14-25-15-12-24)28-16-4-13-26-28)27-17-9-20(10-18-27)22-8-3-6-19-5-1-2-7-21(19)22/h1-8,13,16,20,25H,9-12,14-15,17-18H2. The predicted molar refractivity (Wildman–Crippen MR) is 115 cm³/mol. The third-order valence-corrected chi connectivity index (χ3v) is 6.82. The van der Waals surface area contributed by atoms with E-state index in [9.17, 15) is 4.79 Å². The number of nitrogens with zero attached hydrogens (tertiary/aromatic N) is 3. The van der Waals surface area contributed by atoms with Crippen molar-refractivity contribution in [2.24, 2.45) is 0 Å². The van der Waals surface area contributed by atoms with Crippen LogP contribution >= 0.6 is 0 Å². The fourth-order valence-corrected chi connectivity index (χ4v) is 5.20. The number of hydrogen-bond acceptors (Lipinski definition) is 3. The molecule has 0 spiro atoms. The zero-order chi connectivity index (χ0) is 19.7. The Bertz CT molecular complexity index is 978. The highest BCUT2D eigenvalue weighted by Gasteiger charge is 2.45. The van der Waals surface area contributed by atoms with Gasteiger partial charge in [-0.1, -0.05) is 42.5 Å². The van der Waals surface area contributed by atoms with Crippen molar-refractivity contribution in [1.29, 1.82) is 0 Å². The van der Waals surface area contributed by atoms with Crippen LogP contribution in [-0.4, -0.2) is 46.8 Å². The summed E-state index contributed by atoms with van der Waals surface area (Å²) in [5.41, 5.74) is 0.903. The van der Waals surface area contributed by atoms with Crippen LogP contribution in [-0.2, 0) is 10.3 Å². The van der Waals surface area contributed by atoms with E-state index in [2.05, 4.69) is 57.8 Å². The van der Waals surface area contributed by atoms with E-state index in [1.165, 1.54) is 16.3 Å². The largest absolute Gasteiger partial charge is 0.341 e. The van der Waals surface area contributed by atoms with Crippen LogP contribution in [0, 0.1) is 0 Å². The molecule has 3 heterocycles. The maximum atomic E-state index is 13.7. The number of fused-ring (bicyclic) bond motifs is 1. The zero-order valence-electron chi connectivity index (χ0n) is 16.8. The molecular weight excluding hydrogens is 360 g/mol. The lowest BCUT2D eigenvalue weighted by molar-refractivity contribution is -0.144. The summed E-state index contributed by atoms with van der Waals surface area (Å²) < 4.78 is 1.91. The number of benzene rings is 2. The summed E-state index contributed by atoms with van der Waals surface area (Å²) in [5.74, 6) is 0.762. The Morgan fingerprint density at radius 1 is 1.00 bits per heavy atom. The fraction of sp³-hybridized carbons (Fsp3) is 0.417. The minimum Gasteiger partial charge on any atom is -0.341 e. The van der Waals surface area contributed by atoms with Gasteiger partial charge in [-0.3, -0.25) is 9.48 Å². The lowest BCUT2D eigenvalue weighted by atomic mass is 9.83. The van der Waals surface area contributed by atoms with Crippen LogP contribution in [0.2, 0.25) is 0 Å². The fourth-order valence-electron chi connectivity index (χ4n) is 5.20. The van der Waals surface area contributed by atoms with Crippen molar-refractivity contribution in [2.75, 3.05) is 26.2 Å². The average molecular weight is 389 g/mol.